The number of urea groups is 1. The standard InChI is InChI=1S/C14H16N4O4/c1-20-11-7-5-4-6-9(11)16-13(19)17-10-8-15-14(22-3)18-12(10)21-2/h4-8H,1-3H3,(H2,16,17,19). The summed E-state index contributed by atoms with van der Waals surface area (Å²) in [4.78, 5) is 20.0. The highest BCUT2D eigenvalue weighted by atomic mass is 16.5. The maximum Gasteiger partial charge on any atom is 0.323 e. The van der Waals surface area contributed by atoms with Gasteiger partial charge in [0.1, 0.15) is 11.4 Å². The van der Waals surface area contributed by atoms with Crippen molar-refractivity contribution in [1.82, 2.24) is 9.97 Å². The number of para-hydroxylation sites is 2. The average Bonchev–Trinajstić information content (AvgIpc) is 2.55. The third kappa shape index (κ3) is 3.54. The molecule has 22 heavy (non-hydrogen) atoms. The summed E-state index contributed by atoms with van der Waals surface area (Å²) in [7, 11) is 4.40. The Morgan fingerprint density at radius 2 is 1.73 bits per heavy atom. The second-order valence-corrected chi connectivity index (χ2v) is 4.06. The number of nitrogens with one attached hydrogen (secondary N) is 2. The highest BCUT2D eigenvalue weighted by molar-refractivity contribution is 6.01. The Morgan fingerprint density at radius 1 is 1.00 bits per heavy atom. The number of aromatic nitrogens is 2. The molecular formula is C14H16N4O4. The van der Waals surface area contributed by atoms with Crippen LogP contribution in [0.15, 0.2) is 30.5 Å². The molecule has 8 nitrogen and oxygen atoms in total. The van der Waals surface area contributed by atoms with E-state index in [2.05, 4.69) is 20.6 Å². The number of hydrogen-bond donors (Lipinski definition) is 2. The van der Waals surface area contributed by atoms with E-state index in [4.69, 9.17) is 14.2 Å². The first-order valence-corrected chi connectivity index (χ1v) is 6.34. The van der Waals surface area contributed by atoms with Gasteiger partial charge >= 0.3 is 12.0 Å². The van der Waals surface area contributed by atoms with Crippen LogP contribution in [0.4, 0.5) is 16.2 Å². The van der Waals surface area contributed by atoms with E-state index in [9.17, 15) is 4.79 Å². The van der Waals surface area contributed by atoms with Gasteiger partial charge in [0.15, 0.2) is 0 Å². The summed E-state index contributed by atoms with van der Waals surface area (Å²) < 4.78 is 15.1. The second kappa shape index (κ2) is 7.11. The zero-order valence-electron chi connectivity index (χ0n) is 12.4. The molecule has 2 N–H and O–H groups in total. The van der Waals surface area contributed by atoms with Gasteiger partial charge in [-0.2, -0.15) is 4.98 Å². The second-order valence-electron chi connectivity index (χ2n) is 4.06. The van der Waals surface area contributed by atoms with Gasteiger partial charge in [-0.15, -0.1) is 0 Å². The Kier molecular flexibility index (Phi) is 4.97. The molecule has 8 heteroatoms. The van der Waals surface area contributed by atoms with E-state index < -0.39 is 6.03 Å². The predicted molar refractivity (Wildman–Crippen MR) is 80.8 cm³/mol. The van der Waals surface area contributed by atoms with E-state index in [0.717, 1.165) is 0 Å². The number of nitrogens with zero attached hydrogens (tertiary/aromatic N) is 2. The number of carbonyl (C=O) groups excluding carboxylic acids is 1. The molecule has 0 radical (unpaired) electrons. The lowest BCUT2D eigenvalue weighted by Crippen LogP contribution is -2.20. The molecule has 1 aromatic carbocycles. The van der Waals surface area contributed by atoms with Gasteiger partial charge in [-0.05, 0) is 12.1 Å². The summed E-state index contributed by atoms with van der Waals surface area (Å²) in [5.41, 5.74) is 0.853. The van der Waals surface area contributed by atoms with Crippen LogP contribution in [-0.4, -0.2) is 37.3 Å². The van der Waals surface area contributed by atoms with Crippen LogP contribution in [0.3, 0.4) is 0 Å². The molecule has 2 amide bonds. The van der Waals surface area contributed by atoms with Gasteiger partial charge in [0.05, 0.1) is 33.2 Å². The maximum absolute atomic E-state index is 12.1. The fourth-order valence-corrected chi connectivity index (χ4v) is 1.71. The molecule has 2 aromatic rings. The number of benzene rings is 1. The van der Waals surface area contributed by atoms with E-state index in [1.54, 1.807) is 18.2 Å². The summed E-state index contributed by atoms with van der Waals surface area (Å²) in [5, 5.41) is 5.27. The first-order chi connectivity index (χ1) is 10.7. The molecule has 0 saturated carbocycles. The minimum Gasteiger partial charge on any atom is -0.495 e. The van der Waals surface area contributed by atoms with Gasteiger partial charge in [0.2, 0.25) is 5.88 Å². The predicted octanol–water partition coefficient (Wildman–Crippen LogP) is 2.15. The van der Waals surface area contributed by atoms with Crippen LogP contribution in [0.25, 0.3) is 0 Å². The summed E-state index contributed by atoms with van der Waals surface area (Å²) in [5.74, 6) is 0.748. The number of anilines is 2. The number of carbonyl (C=O) groups is 1. The number of ether oxygens (including phenoxy) is 3. The zero-order chi connectivity index (χ0) is 15.9. The van der Waals surface area contributed by atoms with Crippen LogP contribution in [0.2, 0.25) is 0 Å². The third-order valence-corrected chi connectivity index (χ3v) is 2.71. The van der Waals surface area contributed by atoms with Crippen LogP contribution in [0.1, 0.15) is 0 Å². The van der Waals surface area contributed by atoms with Crippen molar-refractivity contribution in [3.8, 4) is 17.6 Å². The molecule has 0 fully saturated rings. The maximum atomic E-state index is 12.1. The van der Waals surface area contributed by atoms with Crippen LogP contribution >= 0.6 is 0 Å². The van der Waals surface area contributed by atoms with Crippen molar-refractivity contribution in [2.75, 3.05) is 32.0 Å². The summed E-state index contributed by atoms with van der Waals surface area (Å²) >= 11 is 0. The first-order valence-electron chi connectivity index (χ1n) is 6.34. The van der Waals surface area contributed by atoms with Crippen molar-refractivity contribution in [2.24, 2.45) is 0 Å². The summed E-state index contributed by atoms with van der Waals surface area (Å²) in [6.45, 7) is 0. The Bertz CT molecular complexity index is 663. The molecule has 0 bridgehead atoms. The van der Waals surface area contributed by atoms with Crippen molar-refractivity contribution in [1.29, 1.82) is 0 Å². The molecule has 0 aliphatic heterocycles. The fraction of sp³-hybridized carbons (Fsp3) is 0.214. The lowest BCUT2D eigenvalue weighted by atomic mass is 10.3. The molecule has 0 atom stereocenters. The van der Waals surface area contributed by atoms with E-state index in [-0.39, 0.29) is 11.9 Å². The molecule has 1 heterocycles. The first kappa shape index (κ1) is 15.4. The minimum absolute atomic E-state index is 0.146. The molecule has 2 rings (SSSR count). The fourth-order valence-electron chi connectivity index (χ4n) is 1.71. The van der Waals surface area contributed by atoms with E-state index >= 15 is 0 Å². The van der Waals surface area contributed by atoms with E-state index in [1.807, 2.05) is 6.07 Å². The molecule has 116 valence electrons. The monoisotopic (exact) mass is 304 g/mol. The van der Waals surface area contributed by atoms with Crippen molar-refractivity contribution in [3.05, 3.63) is 30.5 Å². The molecule has 0 aliphatic carbocycles. The zero-order valence-corrected chi connectivity index (χ0v) is 12.4. The minimum atomic E-state index is -0.475. The average molecular weight is 304 g/mol. The van der Waals surface area contributed by atoms with Gasteiger partial charge in [-0.1, -0.05) is 12.1 Å². The van der Waals surface area contributed by atoms with Crippen molar-refractivity contribution >= 4 is 17.4 Å². The molecule has 1 aromatic heterocycles. The van der Waals surface area contributed by atoms with Crippen LogP contribution < -0.4 is 24.8 Å². The van der Waals surface area contributed by atoms with E-state index in [0.29, 0.717) is 17.1 Å². The van der Waals surface area contributed by atoms with Gasteiger partial charge in [0.25, 0.3) is 0 Å². The molecule has 0 unspecified atom stereocenters. The molecular weight excluding hydrogens is 288 g/mol. The normalized spacial score (nSPS) is 9.77. The lowest BCUT2D eigenvalue weighted by molar-refractivity contribution is 0.261. The SMILES string of the molecule is COc1ncc(NC(=O)Nc2ccccc2OC)c(OC)n1. The Hall–Kier alpha value is -3.03. The summed E-state index contributed by atoms with van der Waals surface area (Å²) in [6.07, 6.45) is 1.40. The quantitative estimate of drug-likeness (QED) is 0.879. The molecule has 0 spiro atoms. The number of rotatable bonds is 5. The van der Waals surface area contributed by atoms with Gasteiger partial charge < -0.3 is 24.8 Å². The van der Waals surface area contributed by atoms with Crippen LogP contribution in [-0.2, 0) is 0 Å². The van der Waals surface area contributed by atoms with Crippen molar-refractivity contribution in [3.63, 3.8) is 0 Å². The largest absolute Gasteiger partial charge is 0.495 e. The van der Waals surface area contributed by atoms with Gasteiger partial charge in [-0.3, -0.25) is 0 Å². The van der Waals surface area contributed by atoms with Gasteiger partial charge in [-0.25, -0.2) is 9.78 Å². The highest BCUT2D eigenvalue weighted by Gasteiger charge is 2.12. The lowest BCUT2D eigenvalue weighted by Gasteiger charge is -2.12. The third-order valence-electron chi connectivity index (χ3n) is 2.71. The summed E-state index contributed by atoms with van der Waals surface area (Å²) in [6, 6.07) is 6.73. The highest BCUT2D eigenvalue weighted by Crippen LogP contribution is 2.25. The Morgan fingerprint density at radius 3 is 2.41 bits per heavy atom. The smallest absolute Gasteiger partial charge is 0.323 e. The van der Waals surface area contributed by atoms with Crippen LogP contribution in [0.5, 0.6) is 17.6 Å². The number of hydrogen-bond acceptors (Lipinski definition) is 6. The van der Waals surface area contributed by atoms with Crippen LogP contribution in [0, 0.1) is 0 Å². The van der Waals surface area contributed by atoms with Gasteiger partial charge in [0, 0.05) is 0 Å². The number of methoxy groups -OCH3 is 3. The number of amides is 2. The Labute approximate surface area is 127 Å². The topological polar surface area (TPSA) is 94.6 Å². The molecule has 0 saturated heterocycles. The molecule has 0 aliphatic rings. The Balaban J connectivity index is 2.12. The van der Waals surface area contributed by atoms with Crippen molar-refractivity contribution < 1.29 is 19.0 Å². The van der Waals surface area contributed by atoms with E-state index in [1.165, 1.54) is 27.5 Å². The van der Waals surface area contributed by atoms with Crippen molar-refractivity contribution in [2.45, 2.75) is 0 Å².